The number of benzene rings is 2. The molecular weight excluding hydrogens is 488 g/mol. The van der Waals surface area contributed by atoms with Gasteiger partial charge in [0.1, 0.15) is 17.8 Å². The third kappa shape index (κ3) is 5.36. The average molecular weight is 508 g/mol. The number of aromatic nitrogens is 2. The lowest BCUT2D eigenvalue weighted by molar-refractivity contribution is -0.215. The molecule has 1 amide bonds. The van der Waals surface area contributed by atoms with E-state index in [4.69, 9.17) is 21.1 Å². The molecule has 1 aliphatic rings. The Labute approximate surface area is 202 Å². The van der Waals surface area contributed by atoms with Crippen molar-refractivity contribution in [2.45, 2.75) is 24.4 Å². The first-order chi connectivity index (χ1) is 16.5. The maximum atomic E-state index is 13.1. The summed E-state index contributed by atoms with van der Waals surface area (Å²) in [6.07, 6.45) is -0.164. The minimum Gasteiger partial charge on any atom is -0.493 e. The Morgan fingerprint density at radius 2 is 1.86 bits per heavy atom. The second-order valence-electron chi connectivity index (χ2n) is 8.16. The summed E-state index contributed by atoms with van der Waals surface area (Å²) < 4.78 is 38.1. The van der Waals surface area contributed by atoms with Crippen LogP contribution < -0.4 is 14.8 Å². The summed E-state index contributed by atoms with van der Waals surface area (Å²) in [4.78, 5) is 24.5. The number of methoxy groups -OCH3 is 1. The lowest BCUT2D eigenvalue weighted by Crippen LogP contribution is -2.55. The molecule has 0 radical (unpaired) electrons. The highest BCUT2D eigenvalue weighted by atomic mass is 35.5. The van der Waals surface area contributed by atoms with Gasteiger partial charge in [0.05, 0.1) is 12.8 Å². The van der Waals surface area contributed by atoms with Crippen molar-refractivity contribution in [1.82, 2.24) is 9.78 Å². The third-order valence-corrected chi connectivity index (χ3v) is 5.60. The average Bonchev–Trinajstić information content (AvgIpc) is 3.23. The summed E-state index contributed by atoms with van der Waals surface area (Å²) in [6, 6.07) is 10.7. The van der Waals surface area contributed by atoms with Crippen molar-refractivity contribution in [2.75, 3.05) is 19.0 Å². The van der Waals surface area contributed by atoms with E-state index in [9.17, 15) is 28.6 Å². The van der Waals surface area contributed by atoms with Crippen molar-refractivity contribution in [3.8, 4) is 17.2 Å². The summed E-state index contributed by atoms with van der Waals surface area (Å²) >= 11 is 5.88. The minimum atomic E-state index is -2.91. The fourth-order valence-electron chi connectivity index (χ4n) is 3.70. The van der Waals surface area contributed by atoms with Crippen LogP contribution in [0.5, 0.6) is 11.5 Å². The number of amides is 1. The number of aliphatic hydroxyl groups is 1. The Morgan fingerprint density at radius 1 is 1.17 bits per heavy atom. The van der Waals surface area contributed by atoms with Crippen molar-refractivity contribution < 1.29 is 38.1 Å². The molecule has 1 heterocycles. The number of alkyl halides is 2. The predicted octanol–water partition coefficient (Wildman–Crippen LogP) is 4.02. The molecule has 3 N–H and O–H groups in total. The van der Waals surface area contributed by atoms with Gasteiger partial charge in [-0.05, 0) is 36.4 Å². The monoisotopic (exact) mass is 507 g/mol. The van der Waals surface area contributed by atoms with Gasteiger partial charge in [0.2, 0.25) is 0 Å². The van der Waals surface area contributed by atoms with Crippen LogP contribution in [0.2, 0.25) is 5.02 Å². The van der Waals surface area contributed by atoms with Crippen LogP contribution in [0.4, 0.5) is 14.5 Å². The molecule has 0 aliphatic heterocycles. The van der Waals surface area contributed by atoms with Gasteiger partial charge >= 0.3 is 5.97 Å². The quantitative estimate of drug-likeness (QED) is 0.421. The molecule has 1 fully saturated rings. The Hall–Kier alpha value is -3.70. The topological polar surface area (TPSA) is 123 Å². The molecule has 1 aliphatic carbocycles. The van der Waals surface area contributed by atoms with Gasteiger partial charge in [0.25, 0.3) is 11.8 Å². The molecule has 0 saturated heterocycles. The number of anilines is 1. The van der Waals surface area contributed by atoms with Crippen molar-refractivity contribution in [2.24, 2.45) is 0 Å². The maximum absolute atomic E-state index is 13.1. The predicted molar refractivity (Wildman–Crippen MR) is 121 cm³/mol. The van der Waals surface area contributed by atoms with Crippen LogP contribution >= 0.6 is 11.6 Å². The van der Waals surface area contributed by atoms with Crippen molar-refractivity contribution in [3.05, 3.63) is 64.9 Å². The second kappa shape index (κ2) is 9.16. The number of nitrogens with zero attached hydrogens (tertiary/aromatic N) is 2. The van der Waals surface area contributed by atoms with Crippen molar-refractivity contribution in [3.63, 3.8) is 0 Å². The highest BCUT2D eigenvalue weighted by Gasteiger charge is 2.56. The van der Waals surface area contributed by atoms with Crippen LogP contribution in [0.3, 0.4) is 0 Å². The molecule has 4 rings (SSSR count). The Balaban J connectivity index is 1.50. The molecule has 12 heteroatoms. The van der Waals surface area contributed by atoms with E-state index in [1.54, 1.807) is 24.3 Å². The van der Waals surface area contributed by atoms with E-state index in [1.807, 2.05) is 0 Å². The first-order valence-corrected chi connectivity index (χ1v) is 10.7. The zero-order valence-electron chi connectivity index (χ0n) is 18.3. The number of hydrogen-bond acceptors (Lipinski definition) is 6. The van der Waals surface area contributed by atoms with E-state index in [-0.39, 0.29) is 35.1 Å². The maximum Gasteiger partial charge on any atom is 0.339 e. The number of carbonyl (C=O) groups is 2. The Bertz CT molecular complexity index is 1270. The van der Waals surface area contributed by atoms with Gasteiger partial charge < -0.3 is 25.0 Å². The van der Waals surface area contributed by atoms with Gasteiger partial charge in [-0.25, -0.2) is 18.3 Å². The normalized spacial score (nSPS) is 15.7. The van der Waals surface area contributed by atoms with E-state index in [0.29, 0.717) is 10.7 Å². The number of rotatable bonds is 8. The van der Waals surface area contributed by atoms with Gasteiger partial charge in [-0.15, -0.1) is 0 Å². The highest BCUT2D eigenvalue weighted by Crippen LogP contribution is 2.46. The summed E-state index contributed by atoms with van der Waals surface area (Å²) in [5.41, 5.74) is -1.51. The van der Waals surface area contributed by atoms with Crippen molar-refractivity contribution >= 4 is 29.2 Å². The molecule has 1 saturated carbocycles. The SMILES string of the molecule is COc1cc(NC(=O)c2nn(-c3ccc(Cl)cc3)cc2C(=O)O)ccc1OCC1(O)CC(F)(F)C1. The van der Waals surface area contributed by atoms with Gasteiger partial charge in [-0.3, -0.25) is 4.79 Å². The van der Waals surface area contributed by atoms with E-state index >= 15 is 0 Å². The number of carboxylic acids is 1. The highest BCUT2D eigenvalue weighted by molar-refractivity contribution is 6.30. The van der Waals surface area contributed by atoms with Crippen LogP contribution in [0.1, 0.15) is 33.7 Å². The zero-order valence-corrected chi connectivity index (χ0v) is 19.1. The van der Waals surface area contributed by atoms with Crippen LogP contribution in [0.25, 0.3) is 5.69 Å². The van der Waals surface area contributed by atoms with Gasteiger partial charge in [-0.2, -0.15) is 5.10 Å². The molecule has 0 atom stereocenters. The first-order valence-electron chi connectivity index (χ1n) is 10.3. The number of carboxylic acid groups (broad SMARTS) is 1. The van der Waals surface area contributed by atoms with E-state index < -0.39 is 36.2 Å². The fourth-order valence-corrected chi connectivity index (χ4v) is 3.83. The number of carbonyl (C=O) groups excluding carboxylic acids is 1. The summed E-state index contributed by atoms with van der Waals surface area (Å²) in [5, 5.41) is 26.7. The number of hydrogen-bond donors (Lipinski definition) is 3. The fraction of sp³-hybridized carbons (Fsp3) is 0.261. The van der Waals surface area contributed by atoms with Crippen molar-refractivity contribution in [1.29, 1.82) is 0 Å². The van der Waals surface area contributed by atoms with Gasteiger partial charge in [-0.1, -0.05) is 11.6 Å². The van der Waals surface area contributed by atoms with E-state index in [1.165, 1.54) is 36.2 Å². The second-order valence-corrected chi connectivity index (χ2v) is 8.60. The van der Waals surface area contributed by atoms with Gasteiger partial charge in [0, 0.05) is 35.8 Å². The van der Waals surface area contributed by atoms with Crippen LogP contribution in [0.15, 0.2) is 48.7 Å². The Morgan fingerprint density at radius 3 is 2.46 bits per heavy atom. The molecule has 184 valence electrons. The lowest BCUT2D eigenvalue weighted by atomic mass is 9.77. The smallest absolute Gasteiger partial charge is 0.339 e. The Kier molecular flexibility index (Phi) is 6.39. The van der Waals surface area contributed by atoms with E-state index in [0.717, 1.165) is 0 Å². The standard InChI is InChI=1S/C23H20ClF2N3O6/c1-34-18-8-14(4-7-17(18)35-12-22(33)10-23(25,26)11-22)27-20(30)19-16(21(31)32)9-29(28-19)15-5-2-13(24)3-6-15/h2-9,33H,10-12H2,1H3,(H,27,30)(H,31,32). The molecule has 0 bridgehead atoms. The van der Waals surface area contributed by atoms with Crippen LogP contribution in [-0.4, -0.2) is 57.1 Å². The summed E-state index contributed by atoms with van der Waals surface area (Å²) in [5.74, 6) is -4.69. The number of aromatic carboxylic acids is 1. The largest absolute Gasteiger partial charge is 0.493 e. The minimum absolute atomic E-state index is 0.169. The molecule has 9 nitrogen and oxygen atoms in total. The number of halogens is 3. The summed E-state index contributed by atoms with van der Waals surface area (Å²) in [6.45, 7) is -0.352. The lowest BCUT2D eigenvalue weighted by Gasteiger charge is -2.42. The number of nitrogens with one attached hydrogen (secondary N) is 1. The molecular formula is C23H20ClF2N3O6. The molecule has 2 aromatic carbocycles. The van der Waals surface area contributed by atoms with Gasteiger partial charge in [0.15, 0.2) is 17.2 Å². The van der Waals surface area contributed by atoms with E-state index in [2.05, 4.69) is 10.4 Å². The molecule has 1 aromatic heterocycles. The first kappa shape index (κ1) is 24.4. The molecule has 3 aromatic rings. The van der Waals surface area contributed by atoms with Crippen LogP contribution in [0, 0.1) is 0 Å². The molecule has 35 heavy (non-hydrogen) atoms. The number of ether oxygens (including phenoxy) is 2. The third-order valence-electron chi connectivity index (χ3n) is 5.34. The molecule has 0 spiro atoms. The summed E-state index contributed by atoms with van der Waals surface area (Å²) in [7, 11) is 1.34. The van der Waals surface area contributed by atoms with Crippen LogP contribution in [-0.2, 0) is 0 Å². The zero-order chi connectivity index (χ0) is 25.4. The molecule has 0 unspecified atom stereocenters.